The van der Waals surface area contributed by atoms with Crippen LogP contribution in [0.3, 0.4) is 0 Å². The zero-order valence-electron chi connectivity index (χ0n) is 35.3. The maximum Gasteiger partial charge on any atom is 0.407 e. The molecule has 0 heterocycles. The molecule has 0 saturated heterocycles. The van der Waals surface area contributed by atoms with Crippen LogP contribution < -0.4 is 26.0 Å². The predicted octanol–water partition coefficient (Wildman–Crippen LogP) is 9.72. The first-order chi connectivity index (χ1) is 27.8. The van der Waals surface area contributed by atoms with E-state index in [9.17, 15) is 28.0 Å². The first-order valence-corrected chi connectivity index (χ1v) is 21.3. The molecule has 0 aromatic heterocycles. The predicted molar refractivity (Wildman–Crippen MR) is 229 cm³/mol. The third kappa shape index (κ3) is 24.1. The van der Waals surface area contributed by atoms with Crippen molar-refractivity contribution in [1.29, 1.82) is 0 Å². The third-order valence-corrected chi connectivity index (χ3v) is 9.10. The zero-order chi connectivity index (χ0) is 43.8. The van der Waals surface area contributed by atoms with E-state index in [4.69, 9.17) is 19.3 Å². The molecule has 12 nitrogen and oxygen atoms in total. The molecular formula is C44H63BrF2N4O8. The molecule has 0 spiro atoms. The quantitative estimate of drug-likeness (QED) is 0.132. The van der Waals surface area contributed by atoms with Crippen molar-refractivity contribution in [2.24, 2.45) is 0 Å². The number of amides is 4. The van der Waals surface area contributed by atoms with Gasteiger partial charge in [0.15, 0.2) is 0 Å². The molecule has 59 heavy (non-hydrogen) atoms. The number of alkyl halides is 1. The van der Waals surface area contributed by atoms with Crippen molar-refractivity contribution < 1.29 is 47.3 Å². The summed E-state index contributed by atoms with van der Waals surface area (Å²) < 4.78 is 41.7. The number of hydrogen-bond acceptors (Lipinski definition) is 8. The van der Waals surface area contributed by atoms with Crippen LogP contribution >= 0.6 is 15.9 Å². The summed E-state index contributed by atoms with van der Waals surface area (Å²) in [5.74, 6) is -0.312. The molecule has 4 amide bonds. The van der Waals surface area contributed by atoms with Gasteiger partial charge < -0.3 is 40.6 Å². The number of phenolic OH excluding ortho intramolecular Hbond substituents is 1. The molecule has 0 aliphatic heterocycles. The molecule has 0 bridgehead atoms. The molecule has 2 aromatic carbocycles. The monoisotopic (exact) mass is 892 g/mol. The van der Waals surface area contributed by atoms with E-state index in [1.165, 1.54) is 50.0 Å². The number of hydrogen-bond donors (Lipinski definition) is 5. The van der Waals surface area contributed by atoms with Gasteiger partial charge in [-0.3, -0.25) is 9.59 Å². The summed E-state index contributed by atoms with van der Waals surface area (Å²) >= 11 is 2.94. The van der Waals surface area contributed by atoms with E-state index in [-0.39, 0.29) is 54.5 Å². The standard InChI is InChI=1S/C22H31FN2O4.C13H17NO2.C9H15BrFNO2/c1-22(2,3)29-21(27)24-14-13-17(23)15-28-19-11-9-16(10-12-19)20(26)25-18-7-5-4-6-8-18;15-12-8-6-10(7-9-12)13(16)14-11-4-2-1-3-5-11;1-9(2,3)14-8(13)12-5-4-7(11)6-10/h9-13,18H,4-8,14-15H2,1-3H3,(H,24,27)(H,25,26);6-9,11,15H,1-5H2,(H,14,16);4H,5-6H2,1-3H3,(H,12,13)/b17-13+;;7-4+. The number of halogens is 3. The third-order valence-electron chi connectivity index (χ3n) is 8.57. The normalized spacial score (nSPS) is 15.2. The van der Waals surface area contributed by atoms with Gasteiger partial charge in [-0.15, -0.1) is 0 Å². The first-order valence-electron chi connectivity index (χ1n) is 20.2. The number of rotatable bonds is 12. The Morgan fingerprint density at radius 2 is 1.05 bits per heavy atom. The van der Waals surface area contributed by atoms with Crippen molar-refractivity contribution in [2.45, 2.75) is 129 Å². The summed E-state index contributed by atoms with van der Waals surface area (Å²) in [5.41, 5.74) is 0.0420. The Labute approximate surface area is 356 Å². The Hall–Kier alpha value is -4.66. The average Bonchev–Trinajstić information content (AvgIpc) is 3.17. The second-order valence-corrected chi connectivity index (χ2v) is 16.7. The van der Waals surface area contributed by atoms with Gasteiger partial charge in [-0.25, -0.2) is 18.4 Å². The van der Waals surface area contributed by atoms with E-state index in [0.717, 1.165) is 38.5 Å². The fourth-order valence-electron chi connectivity index (χ4n) is 5.73. The Balaban J connectivity index is 0.000000337. The summed E-state index contributed by atoms with van der Waals surface area (Å²) in [6.07, 6.45) is 12.8. The first kappa shape index (κ1) is 50.5. The molecule has 2 aliphatic carbocycles. The highest BCUT2D eigenvalue weighted by Gasteiger charge is 2.19. The number of allylic oxidation sites excluding steroid dienone is 1. The van der Waals surface area contributed by atoms with E-state index in [0.29, 0.717) is 22.9 Å². The lowest BCUT2D eigenvalue weighted by atomic mass is 9.95. The smallest absolute Gasteiger partial charge is 0.407 e. The lowest BCUT2D eigenvalue weighted by molar-refractivity contribution is 0.0522. The number of aromatic hydroxyl groups is 1. The summed E-state index contributed by atoms with van der Waals surface area (Å²) in [5, 5.41) is 20.2. The van der Waals surface area contributed by atoms with Gasteiger partial charge in [0, 0.05) is 36.3 Å². The van der Waals surface area contributed by atoms with Crippen molar-refractivity contribution in [3.63, 3.8) is 0 Å². The number of alkyl carbamates (subject to hydrolysis) is 2. The van der Waals surface area contributed by atoms with Crippen LogP contribution in [0.1, 0.15) is 126 Å². The number of carbonyl (C=O) groups excluding carboxylic acids is 4. The topological polar surface area (TPSA) is 164 Å². The summed E-state index contributed by atoms with van der Waals surface area (Å²) in [7, 11) is 0. The van der Waals surface area contributed by atoms with Crippen LogP contribution in [-0.4, -0.2) is 77.4 Å². The number of ether oxygens (including phenoxy) is 3. The van der Waals surface area contributed by atoms with E-state index >= 15 is 0 Å². The van der Waals surface area contributed by atoms with Crippen LogP contribution in [0.25, 0.3) is 0 Å². The Morgan fingerprint density at radius 1 is 0.661 bits per heavy atom. The maximum atomic E-state index is 13.8. The van der Waals surface area contributed by atoms with Crippen LogP contribution in [0.4, 0.5) is 18.4 Å². The Bertz CT molecular complexity index is 1650. The molecule has 2 aliphatic rings. The van der Waals surface area contributed by atoms with Crippen molar-refractivity contribution in [2.75, 3.05) is 25.0 Å². The molecule has 4 rings (SSSR count). The average molecular weight is 894 g/mol. The van der Waals surface area contributed by atoms with Crippen molar-refractivity contribution in [3.05, 3.63) is 83.5 Å². The highest BCUT2D eigenvalue weighted by molar-refractivity contribution is 9.09. The zero-order valence-corrected chi connectivity index (χ0v) is 36.9. The molecular weight excluding hydrogens is 830 g/mol. The molecule has 0 atom stereocenters. The Kier molecular flexibility index (Phi) is 22.6. The van der Waals surface area contributed by atoms with Crippen LogP contribution in [0, 0.1) is 0 Å². The highest BCUT2D eigenvalue weighted by atomic mass is 79.9. The minimum atomic E-state index is -0.607. The van der Waals surface area contributed by atoms with Gasteiger partial charge >= 0.3 is 12.2 Å². The van der Waals surface area contributed by atoms with Crippen molar-refractivity contribution in [3.8, 4) is 11.5 Å². The van der Waals surface area contributed by atoms with Gasteiger partial charge in [0.1, 0.15) is 41.0 Å². The molecule has 2 aromatic rings. The maximum absolute atomic E-state index is 13.8. The minimum Gasteiger partial charge on any atom is -0.508 e. The van der Waals surface area contributed by atoms with Gasteiger partial charge in [0.25, 0.3) is 11.8 Å². The molecule has 2 fully saturated rings. The van der Waals surface area contributed by atoms with Gasteiger partial charge in [0.05, 0.1) is 5.33 Å². The van der Waals surface area contributed by atoms with Gasteiger partial charge in [-0.2, -0.15) is 0 Å². The summed E-state index contributed by atoms with van der Waals surface area (Å²) in [6.45, 7) is 10.4. The van der Waals surface area contributed by atoms with Crippen LogP contribution in [0.5, 0.6) is 11.5 Å². The second kappa shape index (κ2) is 26.4. The van der Waals surface area contributed by atoms with E-state index in [2.05, 4.69) is 37.2 Å². The second-order valence-electron chi connectivity index (χ2n) is 16.2. The van der Waals surface area contributed by atoms with E-state index in [1.54, 1.807) is 77.9 Å². The van der Waals surface area contributed by atoms with E-state index in [1.807, 2.05) is 0 Å². The van der Waals surface area contributed by atoms with E-state index < -0.39 is 29.2 Å². The fraction of sp³-hybridized carbons (Fsp3) is 0.545. The largest absolute Gasteiger partial charge is 0.508 e. The molecule has 2 saturated carbocycles. The fourth-order valence-corrected chi connectivity index (χ4v) is 5.96. The Morgan fingerprint density at radius 3 is 1.44 bits per heavy atom. The lowest BCUT2D eigenvalue weighted by Gasteiger charge is -2.22. The summed E-state index contributed by atoms with van der Waals surface area (Å²) in [6, 6.07) is 13.6. The minimum absolute atomic E-state index is 0.00435. The number of benzene rings is 2. The van der Waals surface area contributed by atoms with Crippen LogP contribution in [0.2, 0.25) is 0 Å². The number of carbonyl (C=O) groups is 4. The van der Waals surface area contributed by atoms with Crippen LogP contribution in [-0.2, 0) is 9.47 Å². The molecule has 328 valence electrons. The van der Waals surface area contributed by atoms with Gasteiger partial charge in [0.2, 0.25) is 0 Å². The lowest BCUT2D eigenvalue weighted by Crippen LogP contribution is -2.36. The SMILES string of the molecule is CC(C)(C)OC(=O)NC/C=C(/F)CBr.CC(C)(C)OC(=O)NC/C=C(/F)COc1ccc(C(=O)NC2CCCCC2)cc1.O=C(NC1CCCCC1)c1ccc(O)cc1. The highest BCUT2D eigenvalue weighted by Crippen LogP contribution is 2.20. The van der Waals surface area contributed by atoms with Crippen molar-refractivity contribution >= 4 is 39.9 Å². The molecule has 5 N–H and O–H groups in total. The molecule has 0 radical (unpaired) electrons. The van der Waals surface area contributed by atoms with Gasteiger partial charge in [-0.1, -0.05) is 54.5 Å². The van der Waals surface area contributed by atoms with Crippen LogP contribution in [0.15, 0.2) is 72.3 Å². The molecule has 0 unspecified atom stereocenters. The number of nitrogens with one attached hydrogen (secondary N) is 4. The molecule has 15 heteroatoms. The van der Waals surface area contributed by atoms with Crippen molar-refractivity contribution in [1.82, 2.24) is 21.3 Å². The number of phenols is 1. The van der Waals surface area contributed by atoms with Gasteiger partial charge in [-0.05, 0) is 128 Å². The summed E-state index contributed by atoms with van der Waals surface area (Å²) in [4.78, 5) is 46.6.